The Morgan fingerprint density at radius 3 is 2.50 bits per heavy atom. The Hall–Kier alpha value is -2.71. The molecule has 0 saturated carbocycles. The van der Waals surface area contributed by atoms with Gasteiger partial charge in [0.15, 0.2) is 0 Å². The summed E-state index contributed by atoms with van der Waals surface area (Å²) >= 11 is 1.15. The van der Waals surface area contributed by atoms with Gasteiger partial charge in [0.25, 0.3) is 10.0 Å². The maximum absolute atomic E-state index is 13.2. The van der Waals surface area contributed by atoms with Crippen LogP contribution in [0.2, 0.25) is 0 Å². The third-order valence-electron chi connectivity index (χ3n) is 5.15. The molecular formula is C22H21FN2O3S2. The van der Waals surface area contributed by atoms with Crippen LogP contribution in [0, 0.1) is 5.82 Å². The van der Waals surface area contributed by atoms with Crippen LogP contribution in [0.15, 0.2) is 70.3 Å². The highest BCUT2D eigenvalue weighted by molar-refractivity contribution is 7.94. The standard InChI is InChI=1S/C22H21FN2O3S2/c23-18-9-7-17(8-10-18)20-3-1-13-25(20)21(26)15-16-5-11-19(12-6-16)24-30(27,28)22-4-2-14-29-22/h2,4-12,14,20,24H,1,3,13,15H2. The second-order valence-corrected chi connectivity index (χ2v) is 10.1. The fourth-order valence-electron chi connectivity index (χ4n) is 3.69. The van der Waals surface area contributed by atoms with E-state index < -0.39 is 10.0 Å². The molecule has 5 nitrogen and oxygen atoms in total. The first-order chi connectivity index (χ1) is 14.4. The number of carbonyl (C=O) groups excluding carboxylic acids is 1. The summed E-state index contributed by atoms with van der Waals surface area (Å²) in [6.07, 6.45) is 2.01. The number of sulfonamides is 1. The Bertz CT molecular complexity index is 1110. The van der Waals surface area contributed by atoms with Crippen LogP contribution in [0.5, 0.6) is 0 Å². The minimum Gasteiger partial charge on any atom is -0.335 e. The first-order valence-electron chi connectivity index (χ1n) is 9.62. The second-order valence-electron chi connectivity index (χ2n) is 7.21. The molecule has 2 aromatic carbocycles. The molecule has 1 aliphatic rings. The van der Waals surface area contributed by atoms with Gasteiger partial charge in [0.2, 0.25) is 5.91 Å². The Balaban J connectivity index is 1.41. The van der Waals surface area contributed by atoms with Gasteiger partial charge in [0, 0.05) is 12.2 Å². The molecule has 4 rings (SSSR count). The predicted molar refractivity (Wildman–Crippen MR) is 115 cm³/mol. The number of rotatable bonds is 6. The van der Waals surface area contributed by atoms with Crippen LogP contribution in [0.25, 0.3) is 0 Å². The number of halogens is 1. The molecule has 1 saturated heterocycles. The molecule has 1 atom stereocenters. The average Bonchev–Trinajstić information content (AvgIpc) is 3.42. The molecule has 0 aliphatic carbocycles. The molecule has 0 bridgehead atoms. The monoisotopic (exact) mass is 444 g/mol. The number of hydrogen-bond acceptors (Lipinski definition) is 4. The van der Waals surface area contributed by atoms with Gasteiger partial charge in [-0.1, -0.05) is 30.3 Å². The fraction of sp³-hybridized carbons (Fsp3) is 0.227. The van der Waals surface area contributed by atoms with Crippen molar-refractivity contribution in [3.8, 4) is 0 Å². The van der Waals surface area contributed by atoms with E-state index in [1.54, 1.807) is 53.9 Å². The number of nitrogens with one attached hydrogen (secondary N) is 1. The first kappa shape index (κ1) is 20.6. The lowest BCUT2D eigenvalue weighted by Crippen LogP contribution is -2.31. The first-order valence-corrected chi connectivity index (χ1v) is 12.0. The van der Waals surface area contributed by atoms with Gasteiger partial charge in [-0.15, -0.1) is 11.3 Å². The summed E-state index contributed by atoms with van der Waals surface area (Å²) in [5.41, 5.74) is 2.20. The zero-order valence-corrected chi connectivity index (χ0v) is 17.8. The Morgan fingerprint density at radius 2 is 1.83 bits per heavy atom. The third kappa shape index (κ3) is 4.55. The van der Waals surface area contributed by atoms with Gasteiger partial charge in [-0.05, 0) is 59.7 Å². The van der Waals surface area contributed by atoms with E-state index in [-0.39, 0.29) is 28.4 Å². The SMILES string of the molecule is O=C(Cc1ccc(NS(=O)(=O)c2cccs2)cc1)N1CCCC1c1ccc(F)cc1. The van der Waals surface area contributed by atoms with E-state index in [4.69, 9.17) is 0 Å². The minimum atomic E-state index is -3.59. The van der Waals surface area contributed by atoms with Crippen molar-refractivity contribution in [3.63, 3.8) is 0 Å². The van der Waals surface area contributed by atoms with Crippen LogP contribution in [-0.4, -0.2) is 25.8 Å². The Kier molecular flexibility index (Phi) is 5.87. The summed E-state index contributed by atoms with van der Waals surface area (Å²) in [5, 5.41) is 1.71. The highest BCUT2D eigenvalue weighted by Gasteiger charge is 2.29. The van der Waals surface area contributed by atoms with E-state index in [2.05, 4.69) is 4.72 Å². The normalized spacial score (nSPS) is 16.6. The highest BCUT2D eigenvalue weighted by Crippen LogP contribution is 2.32. The van der Waals surface area contributed by atoms with Gasteiger partial charge >= 0.3 is 0 Å². The molecular weight excluding hydrogens is 423 g/mol. The molecule has 156 valence electrons. The number of anilines is 1. The summed E-state index contributed by atoms with van der Waals surface area (Å²) < 4.78 is 40.6. The maximum Gasteiger partial charge on any atom is 0.271 e. The van der Waals surface area contributed by atoms with Crippen molar-refractivity contribution in [2.75, 3.05) is 11.3 Å². The highest BCUT2D eigenvalue weighted by atomic mass is 32.2. The molecule has 3 aromatic rings. The molecule has 0 spiro atoms. The van der Waals surface area contributed by atoms with Crippen LogP contribution in [-0.2, 0) is 21.2 Å². The zero-order chi connectivity index (χ0) is 21.1. The molecule has 8 heteroatoms. The molecule has 2 heterocycles. The van der Waals surface area contributed by atoms with Crippen molar-refractivity contribution in [1.82, 2.24) is 4.90 Å². The van der Waals surface area contributed by atoms with Crippen molar-refractivity contribution in [3.05, 3.63) is 83.0 Å². The van der Waals surface area contributed by atoms with E-state index in [1.807, 2.05) is 4.90 Å². The van der Waals surface area contributed by atoms with Crippen molar-refractivity contribution in [2.45, 2.75) is 29.5 Å². The van der Waals surface area contributed by atoms with E-state index >= 15 is 0 Å². The predicted octanol–water partition coefficient (Wildman–Crippen LogP) is 4.59. The van der Waals surface area contributed by atoms with Crippen molar-refractivity contribution in [1.29, 1.82) is 0 Å². The Morgan fingerprint density at radius 1 is 1.10 bits per heavy atom. The van der Waals surface area contributed by atoms with Gasteiger partial charge in [0.1, 0.15) is 10.0 Å². The molecule has 30 heavy (non-hydrogen) atoms. The van der Waals surface area contributed by atoms with Crippen LogP contribution in [0.4, 0.5) is 10.1 Å². The van der Waals surface area contributed by atoms with Crippen molar-refractivity contribution in [2.24, 2.45) is 0 Å². The van der Waals surface area contributed by atoms with Gasteiger partial charge in [-0.3, -0.25) is 9.52 Å². The number of amides is 1. The number of hydrogen-bond donors (Lipinski definition) is 1. The summed E-state index contributed by atoms with van der Waals surface area (Å²) in [6, 6.07) is 16.4. The van der Waals surface area contributed by atoms with E-state index in [0.717, 1.165) is 35.3 Å². The lowest BCUT2D eigenvalue weighted by molar-refractivity contribution is -0.131. The van der Waals surface area contributed by atoms with E-state index in [9.17, 15) is 17.6 Å². The topological polar surface area (TPSA) is 66.5 Å². The smallest absolute Gasteiger partial charge is 0.271 e. The molecule has 1 N–H and O–H groups in total. The van der Waals surface area contributed by atoms with Crippen LogP contribution < -0.4 is 4.72 Å². The summed E-state index contributed by atoms with van der Waals surface area (Å²) in [7, 11) is -3.59. The molecule has 1 aliphatic heterocycles. The van der Waals surface area contributed by atoms with Gasteiger partial charge < -0.3 is 4.90 Å². The molecule has 1 unspecified atom stereocenters. The average molecular weight is 445 g/mol. The lowest BCUT2D eigenvalue weighted by Gasteiger charge is -2.25. The Labute approximate surface area is 179 Å². The molecule has 0 radical (unpaired) electrons. The number of carbonyl (C=O) groups is 1. The number of benzene rings is 2. The summed E-state index contributed by atoms with van der Waals surface area (Å²) in [4.78, 5) is 14.7. The number of nitrogens with zero attached hydrogens (tertiary/aromatic N) is 1. The number of thiophene rings is 1. The van der Waals surface area contributed by atoms with Gasteiger partial charge in [-0.2, -0.15) is 0 Å². The van der Waals surface area contributed by atoms with E-state index in [0.29, 0.717) is 12.2 Å². The molecule has 1 fully saturated rings. The van der Waals surface area contributed by atoms with Crippen molar-refractivity contribution < 1.29 is 17.6 Å². The van der Waals surface area contributed by atoms with Crippen molar-refractivity contribution >= 4 is 33.0 Å². The third-order valence-corrected chi connectivity index (χ3v) is 7.93. The maximum atomic E-state index is 13.2. The van der Waals surface area contributed by atoms with E-state index in [1.165, 1.54) is 12.1 Å². The lowest BCUT2D eigenvalue weighted by atomic mass is 10.0. The second kappa shape index (κ2) is 8.57. The van der Waals surface area contributed by atoms with Crippen LogP contribution in [0.1, 0.15) is 30.0 Å². The zero-order valence-electron chi connectivity index (χ0n) is 16.1. The molecule has 1 amide bonds. The minimum absolute atomic E-state index is 0.00809. The summed E-state index contributed by atoms with van der Waals surface area (Å²) in [5.74, 6) is -0.279. The molecule has 1 aromatic heterocycles. The van der Waals surface area contributed by atoms with Crippen LogP contribution in [0.3, 0.4) is 0 Å². The largest absolute Gasteiger partial charge is 0.335 e. The summed E-state index contributed by atoms with van der Waals surface area (Å²) in [6.45, 7) is 0.680. The number of likely N-dealkylation sites (tertiary alicyclic amines) is 1. The fourth-order valence-corrected chi connectivity index (χ4v) is 5.74. The van der Waals surface area contributed by atoms with Gasteiger partial charge in [-0.25, -0.2) is 12.8 Å². The quantitative estimate of drug-likeness (QED) is 0.605. The van der Waals surface area contributed by atoms with Crippen LogP contribution >= 0.6 is 11.3 Å². The van der Waals surface area contributed by atoms with Gasteiger partial charge in [0.05, 0.1) is 12.5 Å².